The first-order valence-electron chi connectivity index (χ1n) is 26.5. The summed E-state index contributed by atoms with van der Waals surface area (Å²) in [6.07, 6.45) is 35.0. The Morgan fingerprint density at radius 3 is 0.339 bits per heavy atom. The molecule has 336 valence electrons. The molecule has 0 aliphatic heterocycles. The summed E-state index contributed by atoms with van der Waals surface area (Å²) in [5.41, 5.74) is 0. The van der Waals surface area contributed by atoms with E-state index in [2.05, 4.69) is 99.5 Å². The molecule has 0 aromatic rings. The van der Waals surface area contributed by atoms with Gasteiger partial charge in [-0.1, -0.05) is 0 Å². The quantitative estimate of drug-likeness (QED) is 0.0537. The van der Waals surface area contributed by atoms with E-state index in [1.54, 1.807) is 53.2 Å². The van der Waals surface area contributed by atoms with E-state index in [-0.39, 0.29) is 0 Å². The zero-order valence-electron chi connectivity index (χ0n) is 41.8. The molecule has 0 unspecified atom stereocenters. The molecule has 0 fully saturated rings. The van der Waals surface area contributed by atoms with Gasteiger partial charge in [0.05, 0.1) is 0 Å². The maximum absolute atomic E-state index is 3.09. The number of hydrogen-bond donors (Lipinski definition) is 0. The molecule has 0 rings (SSSR count). The fourth-order valence-electron chi connectivity index (χ4n) is 9.55. The van der Waals surface area contributed by atoms with Crippen molar-refractivity contribution in [3.05, 3.63) is 16.4 Å². The van der Waals surface area contributed by atoms with E-state index >= 15 is 0 Å². The number of hydrogen-bond acceptors (Lipinski definition) is 0. The first-order valence-corrected chi connectivity index (χ1v) is 57.4. The van der Waals surface area contributed by atoms with E-state index in [1.165, 1.54) is 154 Å². The minimum atomic E-state index is -2.10. The van der Waals surface area contributed by atoms with Crippen LogP contribution in [0.2, 0.25) is 53.2 Å². The molecule has 0 bridgehead atoms. The molecule has 0 aromatic heterocycles. The summed E-state index contributed by atoms with van der Waals surface area (Å²) in [5, 5.41) is 0. The van der Waals surface area contributed by atoms with Crippen LogP contribution in [0.15, 0.2) is 16.4 Å². The Balaban J connectivity index is 0. The standard InChI is InChI=1S/12C4H9.2C2H2.4Sn/c12*1-3-4-2;2*1-2;;;;/h12*1,3-4H2,2H3;2*1-2H;;;;. The van der Waals surface area contributed by atoms with Crippen LogP contribution in [0.25, 0.3) is 0 Å². The molecule has 0 spiro atoms. The third-order valence-electron chi connectivity index (χ3n) is 13.9. The number of rotatable bonds is 40. The predicted molar refractivity (Wildman–Crippen MR) is 278 cm³/mol. The van der Waals surface area contributed by atoms with Crippen molar-refractivity contribution >= 4 is 73.5 Å². The van der Waals surface area contributed by atoms with Crippen molar-refractivity contribution in [3.8, 4) is 0 Å². The molecular weight excluding hydrogens is 1100 g/mol. The molecule has 0 aliphatic carbocycles. The van der Waals surface area contributed by atoms with Gasteiger partial charge in [-0.2, -0.15) is 0 Å². The zero-order chi connectivity index (χ0) is 42.3. The van der Waals surface area contributed by atoms with Crippen LogP contribution in [0, 0.1) is 0 Å². The molecule has 4 heteroatoms. The van der Waals surface area contributed by atoms with E-state index < -0.39 is 73.5 Å². The summed E-state index contributed by atoms with van der Waals surface area (Å²) in [5.74, 6) is 0. The van der Waals surface area contributed by atoms with Gasteiger partial charge < -0.3 is 0 Å². The van der Waals surface area contributed by atoms with Gasteiger partial charge in [-0.15, -0.1) is 0 Å². The maximum atomic E-state index is 3.09. The first kappa shape index (κ1) is 60.8. The van der Waals surface area contributed by atoms with Crippen LogP contribution < -0.4 is 0 Å². The summed E-state index contributed by atoms with van der Waals surface area (Å²) >= 11 is -8.41. The second-order valence-electron chi connectivity index (χ2n) is 19.4. The molecule has 0 N–H and O–H groups in total. The molecule has 0 radical (unpaired) electrons. The van der Waals surface area contributed by atoms with Crippen LogP contribution in [-0.4, -0.2) is 73.5 Å². The Morgan fingerprint density at radius 2 is 0.268 bits per heavy atom. The van der Waals surface area contributed by atoms with Gasteiger partial charge in [0.1, 0.15) is 0 Å². The van der Waals surface area contributed by atoms with Crippen molar-refractivity contribution in [3.63, 3.8) is 0 Å². The normalized spacial score (nSPS) is 12.9. The van der Waals surface area contributed by atoms with Gasteiger partial charge in [0, 0.05) is 0 Å². The average Bonchev–Trinajstić information content (AvgIpc) is 3.23. The van der Waals surface area contributed by atoms with Crippen molar-refractivity contribution in [1.29, 1.82) is 0 Å². The van der Waals surface area contributed by atoms with Crippen LogP contribution in [0.3, 0.4) is 0 Å². The van der Waals surface area contributed by atoms with Crippen LogP contribution in [0.4, 0.5) is 0 Å². The van der Waals surface area contributed by atoms with E-state index in [0.717, 1.165) is 0 Å². The molecule has 0 aliphatic rings. The molecule has 0 nitrogen and oxygen atoms in total. The fourth-order valence-corrected chi connectivity index (χ4v) is 91.2. The van der Waals surface area contributed by atoms with Gasteiger partial charge >= 0.3 is 380 Å². The number of unbranched alkanes of at least 4 members (excludes halogenated alkanes) is 12. The van der Waals surface area contributed by atoms with Gasteiger partial charge in [-0.05, 0) is 0 Å². The van der Waals surface area contributed by atoms with E-state index in [9.17, 15) is 0 Å². The second kappa shape index (κ2) is 41.7. The fraction of sp³-hybridized carbons (Fsp3) is 0.923. The molecule has 0 heterocycles. The summed E-state index contributed by atoms with van der Waals surface area (Å²) in [6.45, 7) is 28.9. The molecule has 0 amide bonds. The first-order chi connectivity index (χ1) is 27.1. The third kappa shape index (κ3) is 29.9. The molecule has 56 heavy (non-hydrogen) atoms. The van der Waals surface area contributed by atoms with Crippen LogP contribution in [0.5, 0.6) is 0 Å². The Labute approximate surface area is 375 Å². The van der Waals surface area contributed by atoms with Gasteiger partial charge in [-0.25, -0.2) is 0 Å². The van der Waals surface area contributed by atoms with E-state index in [4.69, 9.17) is 0 Å². The molecular formula is C52H112Sn4. The predicted octanol–water partition coefficient (Wildman–Crippen LogP) is 20.6. The summed E-state index contributed by atoms with van der Waals surface area (Å²) in [7, 11) is 0. The topological polar surface area (TPSA) is 0 Å². The summed E-state index contributed by atoms with van der Waals surface area (Å²) in [6, 6.07) is 0. The average molecular weight is 1210 g/mol. The minimum absolute atomic E-state index is 1.40. The van der Waals surface area contributed by atoms with Gasteiger partial charge in [0.25, 0.3) is 0 Å². The van der Waals surface area contributed by atoms with Crippen LogP contribution in [0.1, 0.15) is 237 Å². The molecule has 0 saturated carbocycles. The molecule has 0 atom stereocenters. The Bertz CT molecular complexity index is 638. The van der Waals surface area contributed by atoms with Crippen LogP contribution in [-0.2, 0) is 0 Å². The van der Waals surface area contributed by atoms with Gasteiger partial charge in [0.15, 0.2) is 0 Å². The molecule has 0 saturated heterocycles. The van der Waals surface area contributed by atoms with Gasteiger partial charge in [0.2, 0.25) is 0 Å². The van der Waals surface area contributed by atoms with Crippen molar-refractivity contribution in [2.45, 2.75) is 290 Å². The van der Waals surface area contributed by atoms with Gasteiger partial charge in [-0.3, -0.25) is 0 Å². The summed E-state index contributed by atoms with van der Waals surface area (Å²) < 4.78 is 32.2. The van der Waals surface area contributed by atoms with E-state index in [0.29, 0.717) is 0 Å². The van der Waals surface area contributed by atoms with Crippen molar-refractivity contribution < 1.29 is 0 Å². The van der Waals surface area contributed by atoms with Crippen molar-refractivity contribution in [2.24, 2.45) is 0 Å². The zero-order valence-corrected chi connectivity index (χ0v) is 53.2. The van der Waals surface area contributed by atoms with Crippen molar-refractivity contribution in [2.75, 3.05) is 0 Å². The SMILES string of the molecule is CCC[CH2][Sn]([CH]=[CH][Sn]([CH2]CCC)([CH2]CCC)[CH2]CCC)([CH2]CCC)[CH2]CCC.CCC[CH2][Sn]([CH]=[CH][Sn]([CH2]CCC)([CH2]CCC)[CH2]CCC)([CH2]CCC)[CH2]CCC. The molecule has 0 aromatic carbocycles. The van der Waals surface area contributed by atoms with Crippen molar-refractivity contribution in [1.82, 2.24) is 0 Å². The second-order valence-corrected chi connectivity index (χ2v) is 71.4. The Kier molecular flexibility index (Phi) is 45.2. The third-order valence-corrected chi connectivity index (χ3v) is 75.5. The Hall–Kier alpha value is 2.67. The van der Waals surface area contributed by atoms with Crippen LogP contribution >= 0.6 is 0 Å². The summed E-state index contributed by atoms with van der Waals surface area (Å²) in [4.78, 5) is 0. The monoisotopic (exact) mass is 1220 g/mol. The van der Waals surface area contributed by atoms with E-state index in [1.807, 2.05) is 0 Å². The Morgan fingerprint density at radius 1 is 0.179 bits per heavy atom.